The maximum Gasteiger partial charge on any atom is 0.255 e. The summed E-state index contributed by atoms with van der Waals surface area (Å²) in [6.07, 6.45) is 9.00. The van der Waals surface area contributed by atoms with Crippen LogP contribution in [0.25, 0.3) is 11.3 Å². The molecule has 2 aromatic rings. The molecule has 1 aliphatic heterocycles. The van der Waals surface area contributed by atoms with E-state index in [1.807, 2.05) is 49.1 Å². The van der Waals surface area contributed by atoms with Crippen molar-refractivity contribution < 1.29 is 4.79 Å². The van der Waals surface area contributed by atoms with Gasteiger partial charge in [-0.1, -0.05) is 30.3 Å². The van der Waals surface area contributed by atoms with Crippen LogP contribution in [0.15, 0.2) is 46.8 Å². The van der Waals surface area contributed by atoms with Gasteiger partial charge in [0.2, 0.25) is 0 Å². The molecule has 0 unspecified atom stereocenters. The van der Waals surface area contributed by atoms with Crippen molar-refractivity contribution in [1.82, 2.24) is 20.0 Å². The van der Waals surface area contributed by atoms with Crippen molar-refractivity contribution in [3.63, 3.8) is 0 Å². The van der Waals surface area contributed by atoms with Crippen LogP contribution in [0.5, 0.6) is 0 Å². The molecule has 28 heavy (non-hydrogen) atoms. The second kappa shape index (κ2) is 8.81. The molecule has 0 atom stereocenters. The van der Waals surface area contributed by atoms with Crippen molar-refractivity contribution in [2.24, 2.45) is 10.2 Å². The number of carbonyl (C=O) groups is 1. The second-order valence-electron chi connectivity index (χ2n) is 7.19. The first kappa shape index (κ1) is 19.8. The standard InChI is InChI=1S/C21H26N6O/c1-4-5-11-21(24-25-21)12-13-22-20(28)18-16-23-27(15-14-26(2)3)19(18)17-9-7-6-8-10-17/h1,6-10,16H,5,11-15H2,2-3H3,(H,22,28). The lowest BCUT2D eigenvalue weighted by Crippen LogP contribution is -2.28. The molecule has 1 aromatic carbocycles. The van der Waals surface area contributed by atoms with Gasteiger partial charge in [0.05, 0.1) is 24.0 Å². The van der Waals surface area contributed by atoms with Crippen molar-refractivity contribution >= 4 is 5.91 Å². The fourth-order valence-electron chi connectivity index (χ4n) is 3.06. The topological polar surface area (TPSA) is 74.9 Å². The summed E-state index contributed by atoms with van der Waals surface area (Å²) in [5, 5.41) is 15.7. The van der Waals surface area contributed by atoms with Gasteiger partial charge in [0.25, 0.3) is 5.91 Å². The van der Waals surface area contributed by atoms with Crippen LogP contribution < -0.4 is 5.32 Å². The predicted molar refractivity (Wildman–Crippen MR) is 109 cm³/mol. The summed E-state index contributed by atoms with van der Waals surface area (Å²) in [6.45, 7) is 2.04. The van der Waals surface area contributed by atoms with E-state index in [0.717, 1.165) is 24.2 Å². The minimum atomic E-state index is -0.391. The Balaban J connectivity index is 1.70. The monoisotopic (exact) mass is 378 g/mol. The van der Waals surface area contributed by atoms with Gasteiger partial charge in [-0.25, -0.2) is 0 Å². The Bertz CT molecular complexity index is 872. The van der Waals surface area contributed by atoms with E-state index < -0.39 is 5.66 Å². The highest BCUT2D eigenvalue weighted by Crippen LogP contribution is 2.36. The van der Waals surface area contributed by atoms with Crippen LogP contribution in [0.4, 0.5) is 0 Å². The van der Waals surface area contributed by atoms with E-state index in [0.29, 0.717) is 31.5 Å². The zero-order valence-electron chi connectivity index (χ0n) is 16.4. The first-order chi connectivity index (χ1) is 13.5. The number of hydrogen-bond donors (Lipinski definition) is 1. The van der Waals surface area contributed by atoms with Crippen LogP contribution in [0.2, 0.25) is 0 Å². The maximum absolute atomic E-state index is 12.8. The molecule has 1 aromatic heterocycles. The molecule has 7 nitrogen and oxygen atoms in total. The Morgan fingerprint density at radius 2 is 2.00 bits per heavy atom. The molecule has 1 amide bonds. The maximum atomic E-state index is 12.8. The summed E-state index contributed by atoms with van der Waals surface area (Å²) in [5.74, 6) is 2.48. The molecule has 1 N–H and O–H groups in total. The molecule has 0 fully saturated rings. The summed E-state index contributed by atoms with van der Waals surface area (Å²) < 4.78 is 1.89. The molecule has 7 heteroatoms. The number of rotatable bonds is 10. The Morgan fingerprint density at radius 3 is 2.64 bits per heavy atom. The molecule has 146 valence electrons. The lowest BCUT2D eigenvalue weighted by molar-refractivity contribution is 0.0952. The third-order valence-corrected chi connectivity index (χ3v) is 4.75. The molecular formula is C21H26N6O. The molecule has 2 heterocycles. The number of likely N-dealkylation sites (N-methyl/N-ethyl adjacent to an activating group) is 1. The van der Waals surface area contributed by atoms with Gasteiger partial charge in [0.1, 0.15) is 0 Å². The summed E-state index contributed by atoms with van der Waals surface area (Å²) in [4.78, 5) is 14.9. The fourth-order valence-corrected chi connectivity index (χ4v) is 3.06. The smallest absolute Gasteiger partial charge is 0.255 e. The van der Waals surface area contributed by atoms with E-state index in [2.05, 4.69) is 31.5 Å². The van der Waals surface area contributed by atoms with Gasteiger partial charge >= 0.3 is 0 Å². The molecule has 1 aliphatic rings. The van der Waals surface area contributed by atoms with Gasteiger partial charge in [-0.15, -0.1) is 12.3 Å². The average molecular weight is 378 g/mol. The lowest BCUT2D eigenvalue weighted by Gasteiger charge is -2.14. The predicted octanol–water partition coefficient (Wildman–Crippen LogP) is 2.81. The number of amides is 1. The van der Waals surface area contributed by atoms with Crippen molar-refractivity contribution in [3.05, 3.63) is 42.1 Å². The number of nitrogens with zero attached hydrogens (tertiary/aromatic N) is 5. The minimum Gasteiger partial charge on any atom is -0.352 e. The van der Waals surface area contributed by atoms with Crippen LogP contribution in [-0.4, -0.2) is 53.4 Å². The second-order valence-corrected chi connectivity index (χ2v) is 7.19. The number of nitrogens with one attached hydrogen (secondary N) is 1. The van der Waals surface area contributed by atoms with E-state index in [4.69, 9.17) is 6.42 Å². The minimum absolute atomic E-state index is 0.136. The van der Waals surface area contributed by atoms with Crippen molar-refractivity contribution in [2.75, 3.05) is 27.2 Å². The molecule has 3 rings (SSSR count). The van der Waals surface area contributed by atoms with E-state index >= 15 is 0 Å². The van der Waals surface area contributed by atoms with E-state index in [9.17, 15) is 4.79 Å². The molecule has 0 saturated heterocycles. The molecule has 0 aliphatic carbocycles. The van der Waals surface area contributed by atoms with Crippen LogP contribution in [0.3, 0.4) is 0 Å². The summed E-state index contributed by atoms with van der Waals surface area (Å²) in [7, 11) is 4.03. The van der Waals surface area contributed by atoms with Crippen molar-refractivity contribution in [3.8, 4) is 23.6 Å². The molecular weight excluding hydrogens is 352 g/mol. The normalized spacial score (nSPS) is 14.1. The zero-order valence-corrected chi connectivity index (χ0v) is 16.4. The van der Waals surface area contributed by atoms with Gasteiger partial charge < -0.3 is 10.2 Å². The largest absolute Gasteiger partial charge is 0.352 e. The van der Waals surface area contributed by atoms with Crippen LogP contribution in [0.1, 0.15) is 29.6 Å². The first-order valence-corrected chi connectivity index (χ1v) is 9.46. The number of carbonyl (C=O) groups excluding carboxylic acids is 1. The third kappa shape index (κ3) is 4.84. The average Bonchev–Trinajstić information content (AvgIpc) is 3.33. The van der Waals surface area contributed by atoms with Gasteiger partial charge in [-0.2, -0.15) is 15.3 Å². The Hall–Kier alpha value is -2.98. The third-order valence-electron chi connectivity index (χ3n) is 4.75. The zero-order chi connectivity index (χ0) is 20.0. The van der Waals surface area contributed by atoms with Crippen LogP contribution in [-0.2, 0) is 6.54 Å². The van der Waals surface area contributed by atoms with Gasteiger partial charge in [-0.3, -0.25) is 9.48 Å². The van der Waals surface area contributed by atoms with E-state index in [-0.39, 0.29) is 5.91 Å². The number of hydrogen-bond acceptors (Lipinski definition) is 5. The van der Waals surface area contributed by atoms with E-state index in [1.165, 1.54) is 0 Å². The highest BCUT2D eigenvalue weighted by molar-refractivity contribution is 5.99. The molecule has 0 bridgehead atoms. The van der Waals surface area contributed by atoms with Crippen molar-refractivity contribution in [1.29, 1.82) is 0 Å². The summed E-state index contributed by atoms with van der Waals surface area (Å²) >= 11 is 0. The fraction of sp³-hybridized carbons (Fsp3) is 0.429. The first-order valence-electron chi connectivity index (χ1n) is 9.46. The van der Waals surface area contributed by atoms with E-state index in [1.54, 1.807) is 6.20 Å². The SMILES string of the molecule is C#CCCC1(CCNC(=O)c2cnn(CCN(C)C)c2-c2ccccc2)N=N1. The number of aromatic nitrogens is 2. The Kier molecular flexibility index (Phi) is 6.22. The highest BCUT2D eigenvalue weighted by atomic mass is 16.1. The lowest BCUT2D eigenvalue weighted by atomic mass is 10.0. The molecule has 0 spiro atoms. The van der Waals surface area contributed by atoms with Gasteiger partial charge in [0, 0.05) is 37.9 Å². The Labute approximate surface area is 165 Å². The van der Waals surface area contributed by atoms with Gasteiger partial charge in [0.15, 0.2) is 5.66 Å². The number of terminal acetylenes is 1. The molecule has 0 radical (unpaired) electrons. The summed E-state index contributed by atoms with van der Waals surface area (Å²) in [6, 6.07) is 9.88. The quantitative estimate of drug-likeness (QED) is 0.646. The van der Waals surface area contributed by atoms with Gasteiger partial charge in [-0.05, 0) is 14.1 Å². The summed E-state index contributed by atoms with van der Waals surface area (Å²) in [5.41, 5.74) is 1.99. The van der Waals surface area contributed by atoms with Crippen molar-refractivity contribution in [2.45, 2.75) is 31.5 Å². The highest BCUT2D eigenvalue weighted by Gasteiger charge is 2.38. The number of benzene rings is 1. The Morgan fingerprint density at radius 1 is 1.25 bits per heavy atom. The van der Waals surface area contributed by atoms with Crippen LogP contribution in [0, 0.1) is 12.3 Å². The van der Waals surface area contributed by atoms with Crippen LogP contribution >= 0.6 is 0 Å². The molecule has 0 saturated carbocycles.